The number of aliphatic hydroxyl groups is 1. The average molecular weight is 318 g/mol. The first-order valence-electron chi connectivity index (χ1n) is 6.91. The van der Waals surface area contributed by atoms with Gasteiger partial charge in [-0.3, -0.25) is 4.90 Å². The number of aliphatic hydroxyl groups excluding tert-OH is 1. The van der Waals surface area contributed by atoms with E-state index in [4.69, 9.17) is 5.11 Å². The maximum atomic E-state index is 12.2. The van der Waals surface area contributed by atoms with Crippen LogP contribution in [0.15, 0.2) is 10.3 Å². The lowest BCUT2D eigenvalue weighted by atomic mass is 10.3. The minimum Gasteiger partial charge on any atom is -0.391 e. The van der Waals surface area contributed by atoms with Gasteiger partial charge in [0.2, 0.25) is 10.0 Å². The summed E-state index contributed by atoms with van der Waals surface area (Å²) in [5.41, 5.74) is 0.825. The Bertz CT molecular complexity index is 550. The molecule has 0 spiro atoms. The largest absolute Gasteiger partial charge is 0.391 e. The topological polar surface area (TPSA) is 69.6 Å². The van der Waals surface area contributed by atoms with Gasteiger partial charge in [0.05, 0.1) is 6.61 Å². The molecule has 114 valence electrons. The van der Waals surface area contributed by atoms with E-state index in [1.54, 1.807) is 6.07 Å². The average Bonchev–Trinajstić information content (AvgIpc) is 3.17. The minimum atomic E-state index is -3.45. The van der Waals surface area contributed by atoms with Gasteiger partial charge in [-0.25, -0.2) is 13.1 Å². The van der Waals surface area contributed by atoms with Crippen molar-refractivity contribution < 1.29 is 13.5 Å². The lowest BCUT2D eigenvalue weighted by molar-refractivity contribution is 0.282. The van der Waals surface area contributed by atoms with Gasteiger partial charge in [0.25, 0.3) is 0 Å². The Hall–Kier alpha value is -0.470. The third kappa shape index (κ3) is 3.79. The molecule has 1 heterocycles. The fraction of sp³-hybridized carbons (Fsp3) is 0.692. The summed E-state index contributed by atoms with van der Waals surface area (Å²) in [7, 11) is -3.45. The number of nitrogens with one attached hydrogen (secondary N) is 1. The van der Waals surface area contributed by atoms with Gasteiger partial charge in [0, 0.05) is 24.0 Å². The molecule has 1 fully saturated rings. The van der Waals surface area contributed by atoms with Crippen LogP contribution in [0.4, 0.5) is 0 Å². The molecule has 7 heteroatoms. The number of likely N-dealkylation sites (N-methyl/N-ethyl adjacent to an activating group) is 1. The molecule has 20 heavy (non-hydrogen) atoms. The Labute approximate surface area is 124 Å². The van der Waals surface area contributed by atoms with E-state index in [9.17, 15) is 8.42 Å². The van der Waals surface area contributed by atoms with Crippen LogP contribution in [0.1, 0.15) is 30.2 Å². The summed E-state index contributed by atoms with van der Waals surface area (Å²) >= 11 is 1.14. The molecular weight excluding hydrogens is 296 g/mol. The second-order valence-electron chi connectivity index (χ2n) is 5.09. The zero-order valence-corrected chi connectivity index (χ0v) is 13.6. The second kappa shape index (κ2) is 6.53. The molecule has 1 aromatic heterocycles. The van der Waals surface area contributed by atoms with Crippen molar-refractivity contribution in [2.75, 3.05) is 19.6 Å². The van der Waals surface area contributed by atoms with Crippen molar-refractivity contribution in [3.63, 3.8) is 0 Å². The summed E-state index contributed by atoms with van der Waals surface area (Å²) in [6.45, 7) is 5.93. The first-order chi connectivity index (χ1) is 9.47. The highest BCUT2D eigenvalue weighted by molar-refractivity contribution is 7.91. The van der Waals surface area contributed by atoms with Gasteiger partial charge >= 0.3 is 0 Å². The Kier molecular flexibility index (Phi) is 5.19. The van der Waals surface area contributed by atoms with E-state index in [0.717, 1.165) is 30.0 Å². The lowest BCUT2D eigenvalue weighted by Crippen LogP contribution is -2.35. The first-order valence-corrected chi connectivity index (χ1v) is 9.21. The van der Waals surface area contributed by atoms with Crippen molar-refractivity contribution in [2.45, 2.75) is 43.5 Å². The van der Waals surface area contributed by atoms with Crippen molar-refractivity contribution in [1.29, 1.82) is 0 Å². The maximum absolute atomic E-state index is 12.2. The van der Waals surface area contributed by atoms with Crippen molar-refractivity contribution in [3.8, 4) is 0 Å². The van der Waals surface area contributed by atoms with Crippen LogP contribution in [0.25, 0.3) is 0 Å². The molecule has 0 amide bonds. The van der Waals surface area contributed by atoms with Crippen LogP contribution in [-0.4, -0.2) is 44.1 Å². The van der Waals surface area contributed by atoms with E-state index in [0.29, 0.717) is 17.5 Å². The van der Waals surface area contributed by atoms with E-state index in [1.165, 1.54) is 12.8 Å². The van der Waals surface area contributed by atoms with Crippen LogP contribution in [0.5, 0.6) is 0 Å². The van der Waals surface area contributed by atoms with Gasteiger partial charge in [-0.15, -0.1) is 11.3 Å². The number of rotatable bonds is 8. The number of nitrogens with zero attached hydrogens (tertiary/aromatic N) is 1. The van der Waals surface area contributed by atoms with Gasteiger partial charge < -0.3 is 5.11 Å². The smallest absolute Gasteiger partial charge is 0.250 e. The number of thiophene rings is 1. The molecule has 1 aliphatic carbocycles. The lowest BCUT2D eigenvalue weighted by Gasteiger charge is -2.19. The van der Waals surface area contributed by atoms with Gasteiger partial charge in [0.1, 0.15) is 4.21 Å². The van der Waals surface area contributed by atoms with Crippen LogP contribution in [-0.2, 0) is 16.6 Å². The highest BCUT2D eigenvalue weighted by Gasteiger charge is 2.27. The molecule has 0 saturated heterocycles. The summed E-state index contributed by atoms with van der Waals surface area (Å²) in [6.07, 6.45) is 2.45. The van der Waals surface area contributed by atoms with E-state index in [1.807, 2.05) is 6.92 Å². The highest BCUT2D eigenvalue weighted by atomic mass is 32.2. The van der Waals surface area contributed by atoms with Gasteiger partial charge in [-0.2, -0.15) is 0 Å². The molecule has 0 aromatic carbocycles. The molecule has 0 unspecified atom stereocenters. The number of hydrogen-bond acceptors (Lipinski definition) is 5. The molecular formula is C13H22N2O3S2. The Balaban J connectivity index is 1.92. The second-order valence-corrected chi connectivity index (χ2v) is 8.22. The van der Waals surface area contributed by atoms with E-state index in [-0.39, 0.29) is 10.8 Å². The number of aryl methyl sites for hydroxylation is 1. The van der Waals surface area contributed by atoms with Crippen LogP contribution in [0.2, 0.25) is 0 Å². The summed E-state index contributed by atoms with van der Waals surface area (Å²) in [5.74, 6) is 0. The predicted octanol–water partition coefficient (Wildman–Crippen LogP) is 1.31. The third-order valence-corrected chi connectivity index (χ3v) is 6.72. The monoisotopic (exact) mass is 318 g/mol. The van der Waals surface area contributed by atoms with Gasteiger partial charge in [-0.05, 0) is 37.9 Å². The van der Waals surface area contributed by atoms with Crippen LogP contribution in [0, 0.1) is 6.92 Å². The van der Waals surface area contributed by atoms with Crippen LogP contribution >= 0.6 is 11.3 Å². The number of sulfonamides is 1. The normalized spacial score (nSPS) is 16.0. The van der Waals surface area contributed by atoms with Crippen molar-refractivity contribution in [1.82, 2.24) is 9.62 Å². The van der Waals surface area contributed by atoms with Crippen LogP contribution in [0.3, 0.4) is 0 Å². The minimum absolute atomic E-state index is 0.114. The zero-order valence-electron chi connectivity index (χ0n) is 11.9. The molecule has 0 radical (unpaired) electrons. The molecule has 0 bridgehead atoms. The first kappa shape index (κ1) is 15.9. The van der Waals surface area contributed by atoms with Crippen molar-refractivity contribution in [2.24, 2.45) is 0 Å². The Morgan fingerprint density at radius 3 is 2.70 bits per heavy atom. The molecule has 2 rings (SSSR count). The molecule has 2 N–H and O–H groups in total. The predicted molar refractivity (Wildman–Crippen MR) is 80.4 cm³/mol. The fourth-order valence-electron chi connectivity index (χ4n) is 2.21. The fourth-order valence-corrected chi connectivity index (χ4v) is 4.73. The van der Waals surface area contributed by atoms with Gasteiger partial charge in [-0.1, -0.05) is 6.92 Å². The SMILES string of the molecule is CCN(CCNS(=O)(=O)c1cc(C)c(CO)s1)C1CC1. The highest BCUT2D eigenvalue weighted by Crippen LogP contribution is 2.27. The van der Waals surface area contributed by atoms with E-state index in [2.05, 4.69) is 16.5 Å². The van der Waals surface area contributed by atoms with E-state index >= 15 is 0 Å². The molecule has 1 aliphatic rings. The Morgan fingerprint density at radius 2 is 2.20 bits per heavy atom. The van der Waals surface area contributed by atoms with Crippen LogP contribution < -0.4 is 4.72 Å². The Morgan fingerprint density at radius 1 is 1.50 bits per heavy atom. The quantitative estimate of drug-likeness (QED) is 0.758. The molecule has 5 nitrogen and oxygen atoms in total. The molecule has 1 saturated carbocycles. The maximum Gasteiger partial charge on any atom is 0.250 e. The van der Waals surface area contributed by atoms with Crippen molar-refractivity contribution >= 4 is 21.4 Å². The van der Waals surface area contributed by atoms with E-state index < -0.39 is 10.0 Å². The van der Waals surface area contributed by atoms with Gasteiger partial charge in [0.15, 0.2) is 0 Å². The summed E-state index contributed by atoms with van der Waals surface area (Å²) in [5, 5.41) is 9.13. The molecule has 1 aromatic rings. The summed E-state index contributed by atoms with van der Waals surface area (Å²) in [6, 6.07) is 2.27. The number of hydrogen-bond donors (Lipinski definition) is 2. The summed E-state index contributed by atoms with van der Waals surface area (Å²) < 4.78 is 27.3. The standard InChI is InChI=1S/C13H22N2O3S2/c1-3-15(11-4-5-11)7-6-14-20(17,18)13-8-10(2)12(9-16)19-13/h8,11,14,16H,3-7,9H2,1-2H3. The zero-order chi connectivity index (χ0) is 14.8. The summed E-state index contributed by atoms with van der Waals surface area (Å²) in [4.78, 5) is 3.01. The molecule has 0 aliphatic heterocycles. The molecule has 0 atom stereocenters. The van der Waals surface area contributed by atoms with Crippen molar-refractivity contribution in [3.05, 3.63) is 16.5 Å². The third-order valence-electron chi connectivity index (χ3n) is 3.57.